The maximum Gasteiger partial charge on any atom is 0.387 e. The Labute approximate surface area is 136 Å². The average Bonchev–Trinajstić information content (AvgIpc) is 2.54. The van der Waals surface area contributed by atoms with Crippen molar-refractivity contribution in [3.63, 3.8) is 0 Å². The molecular weight excluding hydrogens is 323 g/mol. The number of rotatable bonds is 6. The molecule has 0 spiro atoms. The van der Waals surface area contributed by atoms with Crippen molar-refractivity contribution in [2.45, 2.75) is 25.7 Å². The number of aliphatic hydroxyl groups is 1. The van der Waals surface area contributed by atoms with Crippen LogP contribution in [0, 0.1) is 5.82 Å². The van der Waals surface area contributed by atoms with E-state index in [4.69, 9.17) is 0 Å². The Hall–Kier alpha value is -2.54. The van der Waals surface area contributed by atoms with E-state index in [1.807, 2.05) is 0 Å². The van der Waals surface area contributed by atoms with Crippen molar-refractivity contribution in [3.8, 4) is 5.75 Å². The van der Waals surface area contributed by atoms with Gasteiger partial charge in [-0.2, -0.15) is 8.78 Å². The summed E-state index contributed by atoms with van der Waals surface area (Å²) >= 11 is 0. The van der Waals surface area contributed by atoms with Gasteiger partial charge in [0, 0.05) is 5.56 Å². The molecule has 128 valence electrons. The first-order valence-electron chi connectivity index (χ1n) is 7.16. The van der Waals surface area contributed by atoms with Gasteiger partial charge in [-0.3, -0.25) is 4.79 Å². The lowest BCUT2D eigenvalue weighted by Crippen LogP contribution is -2.37. The molecule has 0 aromatic heterocycles. The molecule has 2 aromatic rings. The molecule has 2 N–H and O–H groups in total. The molecular formula is C17H16F3NO3. The van der Waals surface area contributed by atoms with Crippen molar-refractivity contribution >= 4 is 5.91 Å². The molecule has 1 amide bonds. The Morgan fingerprint density at radius 3 is 2.46 bits per heavy atom. The molecule has 4 nitrogen and oxygen atoms in total. The van der Waals surface area contributed by atoms with E-state index in [1.165, 1.54) is 48.5 Å². The second-order valence-electron chi connectivity index (χ2n) is 5.16. The van der Waals surface area contributed by atoms with Crippen molar-refractivity contribution < 1.29 is 27.8 Å². The number of amides is 1. The van der Waals surface area contributed by atoms with E-state index in [9.17, 15) is 23.1 Å². The van der Waals surface area contributed by atoms with Crippen LogP contribution in [0.1, 0.15) is 28.9 Å². The number of ether oxygens (including phenoxy) is 1. The lowest BCUT2D eigenvalue weighted by atomic mass is 10.0. The largest absolute Gasteiger partial charge is 0.435 e. The van der Waals surface area contributed by atoms with Crippen molar-refractivity contribution in [2.24, 2.45) is 0 Å². The lowest BCUT2D eigenvalue weighted by molar-refractivity contribution is -0.0498. The number of nitrogens with one attached hydrogen (secondary N) is 1. The van der Waals surface area contributed by atoms with Gasteiger partial charge in [0.05, 0.1) is 12.1 Å². The van der Waals surface area contributed by atoms with Gasteiger partial charge >= 0.3 is 6.61 Å². The number of aliphatic hydroxyl groups excluding tert-OH is 1. The van der Waals surface area contributed by atoms with Crippen LogP contribution in [0.2, 0.25) is 0 Å². The van der Waals surface area contributed by atoms with E-state index < -0.39 is 30.5 Å². The molecule has 0 heterocycles. The second-order valence-corrected chi connectivity index (χ2v) is 5.16. The molecule has 0 fully saturated rings. The predicted octanol–water partition coefficient (Wildman–Crippen LogP) is 3.28. The summed E-state index contributed by atoms with van der Waals surface area (Å²) in [5.74, 6) is -1.12. The van der Waals surface area contributed by atoms with Gasteiger partial charge in [0.1, 0.15) is 11.6 Å². The highest BCUT2D eigenvalue weighted by molar-refractivity contribution is 5.94. The third-order valence-electron chi connectivity index (χ3n) is 3.37. The quantitative estimate of drug-likeness (QED) is 0.849. The minimum Gasteiger partial charge on any atom is -0.435 e. The summed E-state index contributed by atoms with van der Waals surface area (Å²) in [6.45, 7) is -1.41. The van der Waals surface area contributed by atoms with E-state index in [-0.39, 0.29) is 11.3 Å². The fourth-order valence-corrected chi connectivity index (χ4v) is 2.13. The topological polar surface area (TPSA) is 58.6 Å². The van der Waals surface area contributed by atoms with Crippen LogP contribution in [0.25, 0.3) is 0 Å². The van der Waals surface area contributed by atoms with E-state index in [0.29, 0.717) is 5.56 Å². The van der Waals surface area contributed by atoms with Gasteiger partial charge in [-0.1, -0.05) is 18.2 Å². The van der Waals surface area contributed by atoms with Gasteiger partial charge in [0.25, 0.3) is 5.91 Å². The summed E-state index contributed by atoms with van der Waals surface area (Å²) in [6, 6.07) is 9.90. The molecule has 24 heavy (non-hydrogen) atoms. The summed E-state index contributed by atoms with van der Waals surface area (Å²) < 4.78 is 41.5. The minimum atomic E-state index is -2.98. The first-order chi connectivity index (χ1) is 11.4. The second kappa shape index (κ2) is 7.83. The van der Waals surface area contributed by atoms with Crippen LogP contribution < -0.4 is 10.1 Å². The maximum absolute atomic E-state index is 12.9. The molecule has 0 saturated heterocycles. The summed E-state index contributed by atoms with van der Waals surface area (Å²) in [5.41, 5.74) is 0.560. The number of carbonyl (C=O) groups is 1. The fraction of sp³-hybridized carbons (Fsp3) is 0.235. The van der Waals surface area contributed by atoms with E-state index in [2.05, 4.69) is 10.1 Å². The van der Waals surface area contributed by atoms with E-state index in [0.717, 1.165) is 0 Å². The highest BCUT2D eigenvalue weighted by Crippen LogP contribution is 2.19. The molecule has 0 radical (unpaired) electrons. The number of carbonyl (C=O) groups excluding carboxylic acids is 1. The lowest BCUT2D eigenvalue weighted by Gasteiger charge is -2.21. The highest BCUT2D eigenvalue weighted by Gasteiger charge is 2.19. The minimum absolute atomic E-state index is 0.117. The summed E-state index contributed by atoms with van der Waals surface area (Å²) in [4.78, 5) is 12.2. The zero-order valence-corrected chi connectivity index (χ0v) is 12.7. The first-order valence-corrected chi connectivity index (χ1v) is 7.16. The van der Waals surface area contributed by atoms with Gasteiger partial charge in [0.2, 0.25) is 0 Å². The van der Waals surface area contributed by atoms with Gasteiger partial charge in [-0.25, -0.2) is 4.39 Å². The van der Waals surface area contributed by atoms with Gasteiger partial charge in [0.15, 0.2) is 0 Å². The normalized spacial score (nSPS) is 13.4. The van der Waals surface area contributed by atoms with Crippen LogP contribution in [-0.2, 0) is 0 Å². The number of benzene rings is 2. The number of halogens is 3. The molecule has 2 atom stereocenters. The smallest absolute Gasteiger partial charge is 0.387 e. The number of hydrogen-bond acceptors (Lipinski definition) is 3. The van der Waals surface area contributed by atoms with Gasteiger partial charge < -0.3 is 15.2 Å². The zero-order valence-electron chi connectivity index (χ0n) is 12.7. The Bertz CT molecular complexity index is 692. The Morgan fingerprint density at radius 2 is 1.83 bits per heavy atom. The van der Waals surface area contributed by atoms with Gasteiger partial charge in [-0.15, -0.1) is 0 Å². The van der Waals surface area contributed by atoms with E-state index >= 15 is 0 Å². The van der Waals surface area contributed by atoms with Crippen molar-refractivity contribution in [3.05, 3.63) is 65.5 Å². The highest BCUT2D eigenvalue weighted by atomic mass is 19.3. The SMILES string of the molecule is CC(NC(=O)c1cccc(OC(F)F)c1)C(O)c1ccc(F)cc1. The first kappa shape index (κ1) is 17.8. The van der Waals surface area contributed by atoms with Crippen molar-refractivity contribution in [1.82, 2.24) is 5.32 Å². The molecule has 0 aliphatic heterocycles. The molecule has 2 unspecified atom stereocenters. The standard InChI is InChI=1S/C17H16F3NO3/c1-10(15(22)11-5-7-13(18)8-6-11)21-16(23)12-3-2-4-14(9-12)24-17(19)20/h2-10,15,17,22H,1H3,(H,21,23). The summed E-state index contributed by atoms with van der Waals surface area (Å²) in [6.07, 6.45) is -1.05. The molecule has 0 saturated carbocycles. The fourth-order valence-electron chi connectivity index (χ4n) is 2.13. The number of alkyl halides is 2. The van der Waals surface area contributed by atoms with Crippen molar-refractivity contribution in [1.29, 1.82) is 0 Å². The molecule has 0 aliphatic carbocycles. The monoisotopic (exact) mass is 339 g/mol. The molecule has 0 aliphatic rings. The maximum atomic E-state index is 12.9. The Morgan fingerprint density at radius 1 is 1.17 bits per heavy atom. The zero-order chi connectivity index (χ0) is 17.7. The number of hydrogen-bond donors (Lipinski definition) is 2. The third-order valence-corrected chi connectivity index (χ3v) is 3.37. The predicted molar refractivity (Wildman–Crippen MR) is 81.4 cm³/mol. The Kier molecular flexibility index (Phi) is 5.81. The molecule has 7 heteroatoms. The van der Waals surface area contributed by atoms with Crippen molar-refractivity contribution in [2.75, 3.05) is 0 Å². The van der Waals surface area contributed by atoms with Gasteiger partial charge in [-0.05, 0) is 42.8 Å². The summed E-state index contributed by atoms with van der Waals surface area (Å²) in [5, 5.41) is 12.8. The van der Waals surface area contributed by atoms with Crippen LogP contribution in [0.3, 0.4) is 0 Å². The summed E-state index contributed by atoms with van der Waals surface area (Å²) in [7, 11) is 0. The molecule has 0 bridgehead atoms. The Balaban J connectivity index is 2.04. The average molecular weight is 339 g/mol. The molecule has 2 rings (SSSR count). The van der Waals surface area contributed by atoms with E-state index in [1.54, 1.807) is 6.92 Å². The molecule has 2 aromatic carbocycles. The third kappa shape index (κ3) is 4.73. The van der Waals surface area contributed by atoms with Crippen LogP contribution in [0.4, 0.5) is 13.2 Å². The van der Waals surface area contributed by atoms with Crippen LogP contribution in [-0.4, -0.2) is 23.7 Å². The van der Waals surface area contributed by atoms with Crippen LogP contribution in [0.15, 0.2) is 48.5 Å². The van der Waals surface area contributed by atoms with Crippen LogP contribution >= 0.6 is 0 Å². The van der Waals surface area contributed by atoms with Crippen LogP contribution in [0.5, 0.6) is 5.75 Å².